The first-order valence-corrected chi connectivity index (χ1v) is 9.67. The number of amides is 1. The summed E-state index contributed by atoms with van der Waals surface area (Å²) in [5, 5.41) is 3.00. The fourth-order valence-corrected chi connectivity index (χ4v) is 3.48. The summed E-state index contributed by atoms with van der Waals surface area (Å²) < 4.78 is 5.58. The second-order valence-corrected chi connectivity index (χ2v) is 7.14. The van der Waals surface area contributed by atoms with E-state index in [1.54, 1.807) is 0 Å². The Bertz CT molecular complexity index is 724. The van der Waals surface area contributed by atoms with E-state index in [1.165, 1.54) is 5.56 Å². The lowest BCUT2D eigenvalue weighted by molar-refractivity contribution is -0.122. The topological polar surface area (TPSA) is 67.6 Å². The number of nitrogens with zero attached hydrogens (tertiary/aromatic N) is 1. The van der Waals surface area contributed by atoms with Gasteiger partial charge in [-0.25, -0.2) is 0 Å². The molecule has 152 valence electrons. The molecule has 28 heavy (non-hydrogen) atoms. The summed E-state index contributed by atoms with van der Waals surface area (Å²) in [6.07, 6.45) is 0.989. The molecule has 3 rings (SSSR count). The van der Waals surface area contributed by atoms with Crippen LogP contribution in [-0.4, -0.2) is 43.1 Å². The molecule has 0 radical (unpaired) electrons. The highest BCUT2D eigenvalue weighted by Gasteiger charge is 2.31. The minimum atomic E-state index is 0. The zero-order valence-electron chi connectivity index (χ0n) is 16.3. The molecule has 0 spiro atoms. The molecule has 5 nitrogen and oxygen atoms in total. The molecular formula is C22H30ClN3O2. The number of carbonyl (C=O) groups excluding carboxylic acids is 1. The molecule has 0 aliphatic carbocycles. The molecule has 2 aromatic rings. The van der Waals surface area contributed by atoms with Crippen LogP contribution in [0, 0.1) is 0 Å². The number of carbonyl (C=O) groups is 1. The molecule has 0 unspecified atom stereocenters. The Hall–Kier alpha value is -2.08. The number of likely N-dealkylation sites (tertiary alicyclic amines) is 1. The highest BCUT2D eigenvalue weighted by molar-refractivity contribution is 5.85. The Kier molecular flexibility index (Phi) is 8.77. The SMILES string of the molecule is CCCOc1ccc(CNC(=O)CN2C[C@@H](N)[C@H](c3ccccc3)C2)cc1.Cl. The summed E-state index contributed by atoms with van der Waals surface area (Å²) in [4.78, 5) is 14.5. The van der Waals surface area contributed by atoms with Gasteiger partial charge in [-0.15, -0.1) is 12.4 Å². The minimum absolute atomic E-state index is 0. The molecule has 2 aromatic carbocycles. The summed E-state index contributed by atoms with van der Waals surface area (Å²) in [6.45, 7) is 5.28. The van der Waals surface area contributed by atoms with E-state index in [4.69, 9.17) is 10.5 Å². The van der Waals surface area contributed by atoms with Crippen LogP contribution in [0.4, 0.5) is 0 Å². The fraction of sp³-hybridized carbons (Fsp3) is 0.409. The van der Waals surface area contributed by atoms with Crippen molar-refractivity contribution in [1.29, 1.82) is 0 Å². The first-order chi connectivity index (χ1) is 13.2. The molecule has 3 N–H and O–H groups in total. The van der Waals surface area contributed by atoms with Gasteiger partial charge in [0.1, 0.15) is 5.75 Å². The number of benzene rings is 2. The van der Waals surface area contributed by atoms with Crippen LogP contribution >= 0.6 is 12.4 Å². The van der Waals surface area contributed by atoms with Crippen molar-refractivity contribution < 1.29 is 9.53 Å². The molecule has 1 saturated heterocycles. The smallest absolute Gasteiger partial charge is 0.234 e. The quantitative estimate of drug-likeness (QED) is 0.711. The van der Waals surface area contributed by atoms with Crippen molar-refractivity contribution in [3.8, 4) is 5.75 Å². The molecule has 1 aliphatic heterocycles. The molecule has 0 bridgehead atoms. The number of hydrogen-bond acceptors (Lipinski definition) is 4. The molecular weight excluding hydrogens is 374 g/mol. The number of hydrogen-bond donors (Lipinski definition) is 2. The summed E-state index contributed by atoms with van der Waals surface area (Å²) in [5.74, 6) is 1.18. The predicted octanol–water partition coefficient (Wildman–Crippen LogP) is 2.94. The van der Waals surface area contributed by atoms with E-state index >= 15 is 0 Å². The van der Waals surface area contributed by atoms with Crippen LogP contribution in [0.3, 0.4) is 0 Å². The predicted molar refractivity (Wildman–Crippen MR) is 115 cm³/mol. The summed E-state index contributed by atoms with van der Waals surface area (Å²) >= 11 is 0. The highest BCUT2D eigenvalue weighted by Crippen LogP contribution is 2.25. The highest BCUT2D eigenvalue weighted by atomic mass is 35.5. The van der Waals surface area contributed by atoms with E-state index in [1.807, 2.05) is 42.5 Å². The second kappa shape index (κ2) is 11.1. The number of nitrogens with one attached hydrogen (secondary N) is 1. The average molecular weight is 404 g/mol. The Morgan fingerprint density at radius 1 is 1.14 bits per heavy atom. The summed E-state index contributed by atoms with van der Waals surface area (Å²) in [7, 11) is 0. The van der Waals surface area contributed by atoms with Gasteiger partial charge in [0, 0.05) is 31.6 Å². The van der Waals surface area contributed by atoms with Gasteiger partial charge in [-0.05, 0) is 29.7 Å². The first kappa shape index (κ1) is 22.2. The van der Waals surface area contributed by atoms with Crippen LogP contribution in [0.2, 0.25) is 0 Å². The van der Waals surface area contributed by atoms with Crippen LogP contribution in [0.1, 0.15) is 30.4 Å². The Balaban J connectivity index is 0.00000280. The third-order valence-electron chi connectivity index (χ3n) is 4.92. The Labute approximate surface area is 173 Å². The van der Waals surface area contributed by atoms with Crippen LogP contribution in [0.15, 0.2) is 54.6 Å². The maximum absolute atomic E-state index is 12.3. The van der Waals surface area contributed by atoms with Crippen molar-refractivity contribution in [2.45, 2.75) is 31.8 Å². The third-order valence-corrected chi connectivity index (χ3v) is 4.92. The van der Waals surface area contributed by atoms with Crippen molar-refractivity contribution in [1.82, 2.24) is 10.2 Å². The largest absolute Gasteiger partial charge is 0.494 e. The first-order valence-electron chi connectivity index (χ1n) is 9.67. The number of nitrogens with two attached hydrogens (primary N) is 1. The lowest BCUT2D eigenvalue weighted by Crippen LogP contribution is -2.37. The minimum Gasteiger partial charge on any atom is -0.494 e. The van der Waals surface area contributed by atoms with E-state index in [-0.39, 0.29) is 30.3 Å². The van der Waals surface area contributed by atoms with Crippen LogP contribution in [0.25, 0.3) is 0 Å². The molecule has 1 aliphatic rings. The monoisotopic (exact) mass is 403 g/mol. The zero-order valence-corrected chi connectivity index (χ0v) is 17.2. The van der Waals surface area contributed by atoms with Crippen molar-refractivity contribution in [3.63, 3.8) is 0 Å². The maximum atomic E-state index is 12.3. The van der Waals surface area contributed by atoms with Gasteiger partial charge in [0.2, 0.25) is 5.91 Å². The van der Waals surface area contributed by atoms with E-state index in [2.05, 4.69) is 29.3 Å². The van der Waals surface area contributed by atoms with Crippen LogP contribution < -0.4 is 15.8 Å². The van der Waals surface area contributed by atoms with Gasteiger partial charge in [0.05, 0.1) is 13.2 Å². The summed E-state index contributed by atoms with van der Waals surface area (Å²) in [5.41, 5.74) is 8.62. The standard InChI is InChI=1S/C22H29N3O2.ClH/c1-2-12-27-19-10-8-17(9-11-19)13-24-22(26)16-25-14-20(21(23)15-25)18-6-4-3-5-7-18;/h3-11,20-21H,2,12-16,23H2,1H3,(H,24,26);1H/t20-,21+;/m0./s1. The van der Waals surface area contributed by atoms with Crippen molar-refractivity contribution >= 4 is 18.3 Å². The molecule has 1 heterocycles. The normalized spacial score (nSPS) is 19.1. The van der Waals surface area contributed by atoms with Crippen molar-refractivity contribution in [2.24, 2.45) is 5.73 Å². The lowest BCUT2D eigenvalue weighted by Gasteiger charge is -2.16. The average Bonchev–Trinajstić information content (AvgIpc) is 3.06. The number of rotatable bonds is 8. The zero-order chi connectivity index (χ0) is 19.1. The second-order valence-electron chi connectivity index (χ2n) is 7.14. The van der Waals surface area contributed by atoms with Gasteiger partial charge in [0.15, 0.2) is 0 Å². The van der Waals surface area contributed by atoms with Crippen molar-refractivity contribution in [3.05, 3.63) is 65.7 Å². The third kappa shape index (κ3) is 6.23. The van der Waals surface area contributed by atoms with Gasteiger partial charge in [-0.1, -0.05) is 49.4 Å². The lowest BCUT2D eigenvalue weighted by atomic mass is 9.95. The van der Waals surface area contributed by atoms with E-state index in [0.717, 1.165) is 37.4 Å². The van der Waals surface area contributed by atoms with Gasteiger partial charge in [-0.3, -0.25) is 9.69 Å². The van der Waals surface area contributed by atoms with Gasteiger partial charge >= 0.3 is 0 Å². The van der Waals surface area contributed by atoms with Crippen molar-refractivity contribution in [2.75, 3.05) is 26.2 Å². The number of ether oxygens (including phenoxy) is 1. The van der Waals surface area contributed by atoms with Gasteiger partial charge < -0.3 is 15.8 Å². The summed E-state index contributed by atoms with van der Waals surface area (Å²) in [6, 6.07) is 18.2. The fourth-order valence-electron chi connectivity index (χ4n) is 3.48. The van der Waals surface area contributed by atoms with Crippen LogP contribution in [-0.2, 0) is 11.3 Å². The van der Waals surface area contributed by atoms with Gasteiger partial charge in [0.25, 0.3) is 0 Å². The Morgan fingerprint density at radius 3 is 2.54 bits per heavy atom. The van der Waals surface area contributed by atoms with Crippen LogP contribution in [0.5, 0.6) is 5.75 Å². The van der Waals surface area contributed by atoms with Gasteiger partial charge in [-0.2, -0.15) is 0 Å². The molecule has 0 aromatic heterocycles. The Morgan fingerprint density at radius 2 is 1.86 bits per heavy atom. The van der Waals surface area contributed by atoms with E-state index < -0.39 is 0 Å². The van der Waals surface area contributed by atoms with E-state index in [0.29, 0.717) is 13.1 Å². The molecule has 2 atom stereocenters. The molecule has 6 heteroatoms. The molecule has 1 amide bonds. The maximum Gasteiger partial charge on any atom is 0.234 e. The number of halogens is 1. The molecule has 0 saturated carbocycles. The van der Waals surface area contributed by atoms with E-state index in [9.17, 15) is 4.79 Å². The molecule has 1 fully saturated rings.